The van der Waals surface area contributed by atoms with Gasteiger partial charge in [-0.2, -0.15) is 13.2 Å². The molecule has 5 nitrogen and oxygen atoms in total. The number of halogens is 3. The van der Waals surface area contributed by atoms with Gasteiger partial charge in [0.25, 0.3) is 0 Å². The summed E-state index contributed by atoms with van der Waals surface area (Å²) in [6.07, 6.45) is -0.966. The Bertz CT molecular complexity index is 634. The van der Waals surface area contributed by atoms with Crippen LogP contribution in [0.5, 0.6) is 0 Å². The average Bonchev–Trinajstić information content (AvgIpc) is 2.72. The molecule has 1 aromatic rings. The molecule has 2 aliphatic rings. The number of carbonyl (C=O) groups excluding carboxylic acids is 1. The highest BCUT2D eigenvalue weighted by Crippen LogP contribution is 2.25. The summed E-state index contributed by atoms with van der Waals surface area (Å²) in [5.74, 6) is 0.139. The van der Waals surface area contributed by atoms with Crippen LogP contribution in [0.3, 0.4) is 0 Å². The summed E-state index contributed by atoms with van der Waals surface area (Å²) < 4.78 is 47.0. The number of likely N-dealkylation sites (tertiary alicyclic amines) is 2. The van der Waals surface area contributed by atoms with E-state index in [1.165, 1.54) is 0 Å². The average molecular weight is 414 g/mol. The van der Waals surface area contributed by atoms with Crippen LogP contribution in [0.25, 0.3) is 0 Å². The van der Waals surface area contributed by atoms with Gasteiger partial charge in [0.1, 0.15) is 13.2 Å². The van der Waals surface area contributed by atoms with Crippen molar-refractivity contribution < 1.29 is 27.4 Å². The van der Waals surface area contributed by atoms with E-state index in [1.54, 1.807) is 4.90 Å². The second kappa shape index (κ2) is 10.3. The minimum Gasteiger partial charge on any atom is -0.445 e. The topological polar surface area (TPSA) is 42.0 Å². The molecular weight excluding hydrogens is 385 g/mol. The van der Waals surface area contributed by atoms with Crippen LogP contribution < -0.4 is 0 Å². The number of rotatable bonds is 6. The van der Waals surface area contributed by atoms with Gasteiger partial charge in [0.2, 0.25) is 0 Å². The van der Waals surface area contributed by atoms with Gasteiger partial charge in [0, 0.05) is 25.7 Å². The number of benzene rings is 1. The molecule has 1 atom stereocenters. The van der Waals surface area contributed by atoms with Crippen molar-refractivity contribution in [3.63, 3.8) is 0 Å². The molecule has 2 heterocycles. The molecule has 8 heteroatoms. The Morgan fingerprint density at radius 2 is 1.79 bits per heavy atom. The molecule has 0 unspecified atom stereocenters. The standard InChI is InChI=1S/C21H29F3N2O3/c22-21(23,24)16-28-14-18-7-4-10-26(13-18)19-8-11-25(12-9-19)20(27)29-15-17-5-2-1-3-6-17/h1-3,5-6,18-19H,4,7-16H2/t18-/m1/s1. The minimum atomic E-state index is -4.27. The molecule has 0 spiro atoms. The summed E-state index contributed by atoms with van der Waals surface area (Å²) in [6, 6.07) is 9.95. The van der Waals surface area contributed by atoms with Gasteiger partial charge in [-0.15, -0.1) is 0 Å². The van der Waals surface area contributed by atoms with Crippen LogP contribution in [-0.2, 0) is 16.1 Å². The second-order valence-corrected chi connectivity index (χ2v) is 7.89. The number of alkyl halides is 3. The van der Waals surface area contributed by atoms with Crippen LogP contribution in [0.1, 0.15) is 31.2 Å². The van der Waals surface area contributed by atoms with Crippen molar-refractivity contribution in [2.24, 2.45) is 5.92 Å². The maximum atomic E-state index is 12.3. The molecule has 2 fully saturated rings. The molecule has 2 aliphatic heterocycles. The maximum Gasteiger partial charge on any atom is 0.411 e. The molecule has 0 N–H and O–H groups in total. The largest absolute Gasteiger partial charge is 0.445 e. The third-order valence-corrected chi connectivity index (χ3v) is 5.61. The van der Waals surface area contributed by atoms with Crippen molar-refractivity contribution >= 4 is 6.09 Å². The zero-order chi connectivity index (χ0) is 20.7. The molecule has 3 rings (SSSR count). The Labute approximate surface area is 169 Å². The van der Waals surface area contributed by atoms with Crippen LogP contribution >= 0.6 is 0 Å². The molecule has 0 saturated carbocycles. The van der Waals surface area contributed by atoms with Crippen LogP contribution in [0.15, 0.2) is 30.3 Å². The van der Waals surface area contributed by atoms with Crippen molar-refractivity contribution in [3.05, 3.63) is 35.9 Å². The van der Waals surface area contributed by atoms with E-state index in [1.807, 2.05) is 30.3 Å². The van der Waals surface area contributed by atoms with Gasteiger partial charge in [0.15, 0.2) is 0 Å². The van der Waals surface area contributed by atoms with Gasteiger partial charge in [-0.3, -0.25) is 4.90 Å². The third kappa shape index (κ3) is 7.19. The normalized spacial score (nSPS) is 21.9. The first-order chi connectivity index (χ1) is 13.9. The highest BCUT2D eigenvalue weighted by atomic mass is 19.4. The quantitative estimate of drug-likeness (QED) is 0.704. The van der Waals surface area contributed by atoms with Gasteiger partial charge >= 0.3 is 12.3 Å². The fourth-order valence-electron chi connectivity index (χ4n) is 4.13. The van der Waals surface area contributed by atoms with Crippen LogP contribution in [0.4, 0.5) is 18.0 Å². The lowest BCUT2D eigenvalue weighted by molar-refractivity contribution is -0.177. The Morgan fingerprint density at radius 1 is 1.07 bits per heavy atom. The van der Waals surface area contributed by atoms with E-state index in [4.69, 9.17) is 9.47 Å². The number of carbonyl (C=O) groups is 1. The molecule has 0 aliphatic carbocycles. The van der Waals surface area contributed by atoms with Gasteiger partial charge in [-0.25, -0.2) is 4.79 Å². The molecule has 1 aromatic carbocycles. The molecule has 29 heavy (non-hydrogen) atoms. The predicted octanol–water partition coefficient (Wildman–Crippen LogP) is 4.08. The van der Waals surface area contributed by atoms with Crippen LogP contribution in [-0.4, -0.2) is 67.5 Å². The van der Waals surface area contributed by atoms with Crippen LogP contribution in [0.2, 0.25) is 0 Å². The Kier molecular flexibility index (Phi) is 7.77. The number of ether oxygens (including phenoxy) is 2. The van der Waals surface area contributed by atoms with E-state index < -0.39 is 12.8 Å². The van der Waals surface area contributed by atoms with Crippen molar-refractivity contribution in [2.75, 3.05) is 39.4 Å². The lowest BCUT2D eigenvalue weighted by Gasteiger charge is -2.42. The SMILES string of the molecule is O=C(OCc1ccccc1)N1CCC(N2CCC[C@@H](COCC(F)(F)F)C2)CC1. The van der Waals surface area contributed by atoms with E-state index in [9.17, 15) is 18.0 Å². The summed E-state index contributed by atoms with van der Waals surface area (Å²) >= 11 is 0. The first-order valence-corrected chi connectivity index (χ1v) is 10.2. The van der Waals surface area contributed by atoms with E-state index >= 15 is 0 Å². The van der Waals surface area contributed by atoms with Gasteiger partial charge in [0.05, 0.1) is 6.61 Å². The summed E-state index contributed by atoms with van der Waals surface area (Å²) in [6.45, 7) is 2.26. The highest BCUT2D eigenvalue weighted by Gasteiger charge is 2.32. The molecule has 0 bridgehead atoms. The van der Waals surface area contributed by atoms with Crippen molar-refractivity contribution in [2.45, 2.75) is 44.5 Å². The number of piperidine rings is 2. The molecule has 1 amide bonds. The number of amides is 1. The summed E-state index contributed by atoms with van der Waals surface area (Å²) in [7, 11) is 0. The fourth-order valence-corrected chi connectivity index (χ4v) is 4.13. The zero-order valence-electron chi connectivity index (χ0n) is 16.6. The second-order valence-electron chi connectivity index (χ2n) is 7.89. The molecule has 2 saturated heterocycles. The van der Waals surface area contributed by atoms with Crippen molar-refractivity contribution in [1.82, 2.24) is 9.80 Å². The lowest BCUT2D eigenvalue weighted by atomic mass is 9.94. The van der Waals surface area contributed by atoms with E-state index in [-0.39, 0.29) is 25.2 Å². The van der Waals surface area contributed by atoms with E-state index in [2.05, 4.69) is 4.90 Å². The van der Waals surface area contributed by atoms with Crippen molar-refractivity contribution in [1.29, 1.82) is 0 Å². The number of nitrogens with zero attached hydrogens (tertiary/aromatic N) is 2. The van der Waals surface area contributed by atoms with Crippen molar-refractivity contribution in [3.8, 4) is 0 Å². The number of hydrogen-bond donors (Lipinski definition) is 0. The highest BCUT2D eigenvalue weighted by molar-refractivity contribution is 5.67. The fraction of sp³-hybridized carbons (Fsp3) is 0.667. The van der Waals surface area contributed by atoms with Gasteiger partial charge in [-0.1, -0.05) is 30.3 Å². The van der Waals surface area contributed by atoms with Gasteiger partial charge in [-0.05, 0) is 43.7 Å². The maximum absolute atomic E-state index is 12.3. The smallest absolute Gasteiger partial charge is 0.411 e. The third-order valence-electron chi connectivity index (χ3n) is 5.61. The molecule has 162 valence electrons. The minimum absolute atomic E-state index is 0.139. The first kappa shape index (κ1) is 21.9. The number of hydrogen-bond acceptors (Lipinski definition) is 4. The van der Waals surface area contributed by atoms with Crippen LogP contribution in [0, 0.1) is 5.92 Å². The zero-order valence-corrected chi connectivity index (χ0v) is 16.6. The Morgan fingerprint density at radius 3 is 2.48 bits per heavy atom. The monoisotopic (exact) mass is 414 g/mol. The molecular formula is C21H29F3N2O3. The predicted molar refractivity (Wildman–Crippen MR) is 102 cm³/mol. The van der Waals surface area contributed by atoms with E-state index in [0.717, 1.165) is 44.3 Å². The Balaban J connectivity index is 1.37. The molecule has 0 aromatic heterocycles. The molecule has 0 radical (unpaired) electrons. The lowest BCUT2D eigenvalue weighted by Crippen LogP contribution is -2.50. The summed E-state index contributed by atoms with van der Waals surface area (Å²) in [5.41, 5.74) is 0.961. The van der Waals surface area contributed by atoms with E-state index in [0.29, 0.717) is 19.1 Å². The summed E-state index contributed by atoms with van der Waals surface area (Å²) in [4.78, 5) is 16.4. The Hall–Kier alpha value is -1.80. The first-order valence-electron chi connectivity index (χ1n) is 10.2. The summed E-state index contributed by atoms with van der Waals surface area (Å²) in [5, 5.41) is 0. The van der Waals surface area contributed by atoms with Gasteiger partial charge < -0.3 is 14.4 Å².